The minimum absolute atomic E-state index is 0.0766. The quantitative estimate of drug-likeness (QED) is 0.736. The van der Waals surface area contributed by atoms with Crippen molar-refractivity contribution in [3.63, 3.8) is 0 Å². The first-order valence-corrected chi connectivity index (χ1v) is 8.46. The van der Waals surface area contributed by atoms with Gasteiger partial charge in [0.25, 0.3) is 0 Å². The summed E-state index contributed by atoms with van der Waals surface area (Å²) in [6, 6.07) is 9.78. The van der Waals surface area contributed by atoms with Crippen molar-refractivity contribution < 1.29 is 13.9 Å². The molecule has 2 heterocycles. The minimum Gasteiger partial charge on any atom is -0.497 e. The van der Waals surface area contributed by atoms with Crippen LogP contribution in [-0.2, 0) is 17.8 Å². The smallest absolute Gasteiger partial charge is 0.227 e. The number of nitrogens with zero attached hydrogens (tertiary/aromatic N) is 1. The van der Waals surface area contributed by atoms with E-state index in [-0.39, 0.29) is 11.9 Å². The van der Waals surface area contributed by atoms with E-state index in [4.69, 9.17) is 9.15 Å². The average molecular weight is 340 g/mol. The maximum absolute atomic E-state index is 12.9. The van der Waals surface area contributed by atoms with Gasteiger partial charge in [-0.15, -0.1) is 0 Å². The number of amides is 1. The van der Waals surface area contributed by atoms with Crippen LogP contribution in [0.25, 0.3) is 10.9 Å². The molecule has 3 aromatic rings. The number of furan rings is 1. The fourth-order valence-electron chi connectivity index (χ4n) is 2.99. The van der Waals surface area contributed by atoms with E-state index in [1.807, 2.05) is 62.2 Å². The highest BCUT2D eigenvalue weighted by Gasteiger charge is 2.20. The summed E-state index contributed by atoms with van der Waals surface area (Å²) >= 11 is 0. The summed E-state index contributed by atoms with van der Waals surface area (Å²) in [7, 11) is 1.64. The third-order valence-corrected chi connectivity index (χ3v) is 4.38. The van der Waals surface area contributed by atoms with Crippen molar-refractivity contribution in [1.82, 2.24) is 9.88 Å². The van der Waals surface area contributed by atoms with Gasteiger partial charge in [0.2, 0.25) is 5.91 Å². The molecular formula is C20H24N2O3. The molecule has 0 spiro atoms. The molecule has 0 radical (unpaired) electrons. The molecule has 2 aromatic heterocycles. The Morgan fingerprint density at radius 3 is 2.72 bits per heavy atom. The summed E-state index contributed by atoms with van der Waals surface area (Å²) in [6.07, 6.45) is 2.24. The number of methoxy groups -OCH3 is 1. The fourth-order valence-corrected chi connectivity index (χ4v) is 2.99. The number of H-pyrrole nitrogens is 1. The maximum atomic E-state index is 12.9. The summed E-state index contributed by atoms with van der Waals surface area (Å²) in [5.74, 6) is 2.52. The molecule has 0 fully saturated rings. The zero-order valence-electron chi connectivity index (χ0n) is 15.1. The number of carbonyl (C=O) groups is 1. The van der Waals surface area contributed by atoms with Gasteiger partial charge in [-0.3, -0.25) is 4.79 Å². The van der Waals surface area contributed by atoms with Gasteiger partial charge in [0, 0.05) is 23.1 Å². The predicted octanol–water partition coefficient (Wildman–Crippen LogP) is 4.06. The van der Waals surface area contributed by atoms with Crippen molar-refractivity contribution >= 4 is 16.8 Å². The molecule has 5 heteroatoms. The normalized spacial score (nSPS) is 11.2. The highest BCUT2D eigenvalue weighted by Crippen LogP contribution is 2.25. The number of rotatable bonds is 6. The fraction of sp³-hybridized carbons (Fsp3) is 0.350. The maximum Gasteiger partial charge on any atom is 0.227 e. The zero-order chi connectivity index (χ0) is 18.0. The van der Waals surface area contributed by atoms with Crippen LogP contribution in [0, 0.1) is 6.92 Å². The molecule has 0 bridgehead atoms. The van der Waals surface area contributed by atoms with E-state index in [1.54, 1.807) is 7.11 Å². The average Bonchev–Trinajstić information content (AvgIpc) is 3.18. The molecule has 0 aliphatic rings. The molecule has 1 amide bonds. The summed E-state index contributed by atoms with van der Waals surface area (Å²) in [5.41, 5.74) is 1.97. The molecule has 1 aromatic carbocycles. The van der Waals surface area contributed by atoms with Crippen LogP contribution in [0.4, 0.5) is 0 Å². The van der Waals surface area contributed by atoms with Gasteiger partial charge in [-0.05, 0) is 56.7 Å². The molecule has 0 aliphatic heterocycles. The number of hydrogen-bond donors (Lipinski definition) is 1. The summed E-state index contributed by atoms with van der Waals surface area (Å²) < 4.78 is 10.9. The van der Waals surface area contributed by atoms with E-state index in [2.05, 4.69) is 4.98 Å². The van der Waals surface area contributed by atoms with Gasteiger partial charge in [-0.2, -0.15) is 0 Å². The molecule has 1 N–H and O–H groups in total. The van der Waals surface area contributed by atoms with Crippen LogP contribution in [0.1, 0.15) is 30.9 Å². The zero-order valence-corrected chi connectivity index (χ0v) is 15.1. The summed E-state index contributed by atoms with van der Waals surface area (Å²) in [5, 5.41) is 1.02. The van der Waals surface area contributed by atoms with Crippen molar-refractivity contribution in [2.24, 2.45) is 0 Å². The molecule has 3 rings (SSSR count). The Morgan fingerprint density at radius 1 is 1.28 bits per heavy atom. The van der Waals surface area contributed by atoms with Gasteiger partial charge in [0.05, 0.1) is 20.1 Å². The number of aromatic nitrogens is 1. The number of aromatic amines is 1. The number of nitrogens with one attached hydrogen (secondary N) is 1. The molecule has 132 valence electrons. The van der Waals surface area contributed by atoms with Crippen molar-refractivity contribution in [3.8, 4) is 5.75 Å². The third kappa shape index (κ3) is 3.71. The van der Waals surface area contributed by atoms with Gasteiger partial charge in [-0.1, -0.05) is 0 Å². The molecule has 0 aliphatic carbocycles. The Labute approximate surface area is 147 Å². The second-order valence-corrected chi connectivity index (χ2v) is 6.53. The summed E-state index contributed by atoms with van der Waals surface area (Å²) in [6.45, 7) is 6.43. The lowest BCUT2D eigenvalue weighted by Gasteiger charge is -2.26. The van der Waals surface area contributed by atoms with Gasteiger partial charge in [-0.25, -0.2) is 0 Å². The molecule has 25 heavy (non-hydrogen) atoms. The van der Waals surface area contributed by atoms with Gasteiger partial charge < -0.3 is 19.0 Å². The number of fused-ring (bicyclic) bond motifs is 1. The van der Waals surface area contributed by atoms with Crippen LogP contribution in [0.3, 0.4) is 0 Å². The van der Waals surface area contributed by atoms with Crippen LogP contribution in [0.2, 0.25) is 0 Å². The number of carbonyl (C=O) groups excluding carboxylic acids is 1. The van der Waals surface area contributed by atoms with E-state index in [0.717, 1.165) is 33.7 Å². The predicted molar refractivity (Wildman–Crippen MR) is 97.7 cm³/mol. The van der Waals surface area contributed by atoms with E-state index < -0.39 is 0 Å². The molecule has 5 nitrogen and oxygen atoms in total. The second-order valence-electron chi connectivity index (χ2n) is 6.53. The van der Waals surface area contributed by atoms with Crippen LogP contribution in [0.15, 0.2) is 40.9 Å². The van der Waals surface area contributed by atoms with Crippen LogP contribution in [0.5, 0.6) is 5.75 Å². The first-order chi connectivity index (χ1) is 12.0. The first-order valence-electron chi connectivity index (χ1n) is 8.46. The monoisotopic (exact) mass is 340 g/mol. The Bertz CT molecular complexity index is 876. The van der Waals surface area contributed by atoms with Crippen molar-refractivity contribution in [1.29, 1.82) is 0 Å². The van der Waals surface area contributed by atoms with Crippen molar-refractivity contribution in [3.05, 3.63) is 53.6 Å². The third-order valence-electron chi connectivity index (χ3n) is 4.38. The highest BCUT2D eigenvalue weighted by molar-refractivity contribution is 5.89. The largest absolute Gasteiger partial charge is 0.497 e. The Balaban J connectivity index is 1.81. The Hall–Kier alpha value is -2.69. The van der Waals surface area contributed by atoms with Crippen molar-refractivity contribution in [2.75, 3.05) is 7.11 Å². The lowest BCUT2D eigenvalue weighted by Crippen LogP contribution is -2.37. The molecule has 0 saturated heterocycles. The molecular weight excluding hydrogens is 316 g/mol. The van der Waals surface area contributed by atoms with Crippen LogP contribution >= 0.6 is 0 Å². The van der Waals surface area contributed by atoms with Crippen molar-refractivity contribution in [2.45, 2.75) is 39.8 Å². The van der Waals surface area contributed by atoms with E-state index in [9.17, 15) is 4.79 Å². The Kier molecular flexibility index (Phi) is 4.83. The lowest BCUT2D eigenvalue weighted by molar-refractivity contribution is -0.133. The van der Waals surface area contributed by atoms with Gasteiger partial charge in [0.15, 0.2) is 0 Å². The number of benzene rings is 1. The lowest BCUT2D eigenvalue weighted by atomic mass is 10.1. The van der Waals surface area contributed by atoms with Crippen LogP contribution in [-0.4, -0.2) is 28.9 Å². The number of hydrogen-bond acceptors (Lipinski definition) is 3. The van der Waals surface area contributed by atoms with Gasteiger partial charge in [0.1, 0.15) is 17.3 Å². The first kappa shape index (κ1) is 17.1. The molecule has 0 atom stereocenters. The van der Waals surface area contributed by atoms with Crippen LogP contribution < -0.4 is 4.74 Å². The number of aryl methyl sites for hydroxylation is 1. The summed E-state index contributed by atoms with van der Waals surface area (Å²) in [4.78, 5) is 18.0. The standard InChI is InChI=1S/C20H24N2O3/c1-13(2)22(12-17-6-5-14(3)25-17)20(23)9-15-11-21-19-8-7-16(24-4)10-18(15)19/h5-8,10-11,13,21H,9,12H2,1-4H3. The topological polar surface area (TPSA) is 58.5 Å². The van der Waals surface area contributed by atoms with E-state index in [1.165, 1.54) is 0 Å². The van der Waals surface area contributed by atoms with E-state index >= 15 is 0 Å². The van der Waals surface area contributed by atoms with E-state index in [0.29, 0.717) is 13.0 Å². The minimum atomic E-state index is 0.0766. The number of ether oxygens (including phenoxy) is 1. The Morgan fingerprint density at radius 2 is 2.08 bits per heavy atom. The second kappa shape index (κ2) is 7.05. The molecule has 0 unspecified atom stereocenters. The molecule has 0 saturated carbocycles. The highest BCUT2D eigenvalue weighted by atomic mass is 16.5. The van der Waals surface area contributed by atoms with Gasteiger partial charge >= 0.3 is 0 Å². The SMILES string of the molecule is COc1ccc2[nH]cc(CC(=O)N(Cc3ccc(C)o3)C(C)C)c2c1.